The number of nitrogens with one attached hydrogen (secondary N) is 1. The van der Waals surface area contributed by atoms with Crippen molar-refractivity contribution in [3.8, 4) is 0 Å². The molecule has 1 heterocycles. The molecule has 1 unspecified atom stereocenters. The molecule has 0 spiro atoms. The fourth-order valence-electron chi connectivity index (χ4n) is 1.35. The van der Waals surface area contributed by atoms with E-state index in [9.17, 15) is 9.59 Å². The molecule has 1 saturated heterocycles. The Morgan fingerprint density at radius 2 is 2.21 bits per heavy atom. The zero-order valence-corrected chi connectivity index (χ0v) is 8.81. The topological polar surface area (TPSA) is 66.4 Å². The summed E-state index contributed by atoms with van der Waals surface area (Å²) in [6, 6.07) is 0.303. The van der Waals surface area contributed by atoms with Crippen LogP contribution in [0.3, 0.4) is 0 Å². The van der Waals surface area contributed by atoms with Gasteiger partial charge in [0.1, 0.15) is 0 Å². The van der Waals surface area contributed by atoms with E-state index in [2.05, 4.69) is 5.32 Å². The van der Waals surface area contributed by atoms with E-state index in [0.29, 0.717) is 18.9 Å². The summed E-state index contributed by atoms with van der Waals surface area (Å²) in [5, 5.41) is 11.3. The third-order valence-corrected chi connectivity index (χ3v) is 3.25. The maximum atomic E-state index is 11.3. The highest BCUT2D eigenvalue weighted by molar-refractivity contribution is 7.99. The third-order valence-electron chi connectivity index (χ3n) is 2.09. The lowest BCUT2D eigenvalue weighted by atomic mass is 10.2. The van der Waals surface area contributed by atoms with Gasteiger partial charge in [0, 0.05) is 24.6 Å². The minimum Gasteiger partial charge on any atom is -0.481 e. The number of rotatable bonds is 5. The van der Waals surface area contributed by atoms with Crippen LogP contribution in [-0.4, -0.2) is 34.5 Å². The summed E-state index contributed by atoms with van der Waals surface area (Å²) in [5.41, 5.74) is 0. The second kappa shape index (κ2) is 5.90. The van der Waals surface area contributed by atoms with Crippen molar-refractivity contribution >= 4 is 23.6 Å². The summed E-state index contributed by atoms with van der Waals surface area (Å²) in [7, 11) is 0. The van der Waals surface area contributed by atoms with Gasteiger partial charge in [0.15, 0.2) is 0 Å². The first-order valence-electron chi connectivity index (χ1n) is 4.77. The van der Waals surface area contributed by atoms with Crippen LogP contribution in [0.4, 0.5) is 0 Å². The number of hydrogen-bond acceptors (Lipinski definition) is 3. The van der Waals surface area contributed by atoms with Crippen molar-refractivity contribution in [2.45, 2.75) is 31.7 Å². The van der Waals surface area contributed by atoms with Gasteiger partial charge < -0.3 is 10.4 Å². The van der Waals surface area contributed by atoms with Crippen LogP contribution >= 0.6 is 11.8 Å². The average molecular weight is 217 g/mol. The van der Waals surface area contributed by atoms with Crippen LogP contribution in [0.5, 0.6) is 0 Å². The lowest BCUT2D eigenvalue weighted by molar-refractivity contribution is -0.137. The lowest BCUT2D eigenvalue weighted by Gasteiger charge is -2.10. The summed E-state index contributed by atoms with van der Waals surface area (Å²) in [6.07, 6.45) is 1.87. The fraction of sp³-hybridized carbons (Fsp3) is 0.778. The van der Waals surface area contributed by atoms with Crippen LogP contribution in [-0.2, 0) is 9.59 Å². The number of aliphatic carboxylic acids is 1. The summed E-state index contributed by atoms with van der Waals surface area (Å²) in [5.74, 6) is 1.25. The third kappa shape index (κ3) is 4.50. The molecular formula is C9H15NO3S. The number of carboxylic acid groups (broad SMARTS) is 1. The SMILES string of the molecule is O=C(O)CCCC(=O)NC1CCSC1. The molecule has 0 saturated carbocycles. The van der Waals surface area contributed by atoms with E-state index >= 15 is 0 Å². The molecular weight excluding hydrogens is 202 g/mol. The van der Waals surface area contributed by atoms with Crippen molar-refractivity contribution in [3.05, 3.63) is 0 Å². The lowest BCUT2D eigenvalue weighted by Crippen LogP contribution is -2.34. The highest BCUT2D eigenvalue weighted by Gasteiger charge is 2.17. The first-order chi connectivity index (χ1) is 6.68. The van der Waals surface area contributed by atoms with Crippen molar-refractivity contribution in [2.75, 3.05) is 11.5 Å². The predicted octanol–water partition coefficient (Wildman–Crippen LogP) is 0.863. The van der Waals surface area contributed by atoms with Crippen molar-refractivity contribution in [2.24, 2.45) is 0 Å². The Morgan fingerprint density at radius 1 is 1.43 bits per heavy atom. The van der Waals surface area contributed by atoms with Crippen molar-refractivity contribution in [3.63, 3.8) is 0 Å². The Morgan fingerprint density at radius 3 is 2.79 bits per heavy atom. The van der Waals surface area contributed by atoms with Gasteiger partial charge >= 0.3 is 5.97 Å². The molecule has 1 amide bonds. The average Bonchev–Trinajstić information content (AvgIpc) is 2.56. The summed E-state index contributed by atoms with van der Waals surface area (Å²) < 4.78 is 0. The normalized spacial score (nSPS) is 20.7. The second-order valence-corrected chi connectivity index (χ2v) is 4.53. The zero-order chi connectivity index (χ0) is 10.4. The molecule has 1 rings (SSSR count). The van der Waals surface area contributed by atoms with Gasteiger partial charge in [-0.25, -0.2) is 0 Å². The van der Waals surface area contributed by atoms with E-state index in [1.165, 1.54) is 0 Å². The molecule has 2 N–H and O–H groups in total. The van der Waals surface area contributed by atoms with Gasteiger partial charge in [-0.3, -0.25) is 9.59 Å². The summed E-state index contributed by atoms with van der Waals surface area (Å²) >= 11 is 1.84. The van der Waals surface area contributed by atoms with Gasteiger partial charge in [0.05, 0.1) is 0 Å². The summed E-state index contributed by atoms with van der Waals surface area (Å²) in [4.78, 5) is 21.5. The maximum absolute atomic E-state index is 11.3. The molecule has 1 aliphatic heterocycles. The standard InChI is InChI=1S/C9H15NO3S/c11-8(2-1-3-9(12)13)10-7-4-5-14-6-7/h7H,1-6H2,(H,10,11)(H,12,13). The number of carbonyl (C=O) groups is 2. The number of carboxylic acids is 1. The maximum Gasteiger partial charge on any atom is 0.303 e. The Hall–Kier alpha value is -0.710. The first-order valence-corrected chi connectivity index (χ1v) is 5.93. The van der Waals surface area contributed by atoms with Crippen LogP contribution < -0.4 is 5.32 Å². The van der Waals surface area contributed by atoms with Gasteiger partial charge in [-0.2, -0.15) is 11.8 Å². The number of thioether (sulfide) groups is 1. The van der Waals surface area contributed by atoms with E-state index in [1.807, 2.05) is 11.8 Å². The minimum atomic E-state index is -0.839. The minimum absolute atomic E-state index is 0.0150. The highest BCUT2D eigenvalue weighted by atomic mass is 32.2. The Kier molecular flexibility index (Phi) is 4.79. The highest BCUT2D eigenvalue weighted by Crippen LogP contribution is 2.17. The predicted molar refractivity (Wildman–Crippen MR) is 55.4 cm³/mol. The first kappa shape index (κ1) is 11.4. The molecule has 0 aromatic rings. The molecule has 0 radical (unpaired) electrons. The van der Waals surface area contributed by atoms with E-state index in [4.69, 9.17) is 5.11 Å². The van der Waals surface area contributed by atoms with E-state index in [-0.39, 0.29) is 12.3 Å². The van der Waals surface area contributed by atoms with Crippen molar-refractivity contribution in [1.82, 2.24) is 5.32 Å². The van der Waals surface area contributed by atoms with Crippen LogP contribution in [0, 0.1) is 0 Å². The molecule has 0 aromatic carbocycles. The Bertz CT molecular complexity index is 214. The van der Waals surface area contributed by atoms with E-state index in [1.54, 1.807) is 0 Å². The van der Waals surface area contributed by atoms with Gasteiger partial charge in [0.2, 0.25) is 5.91 Å². The number of amides is 1. The smallest absolute Gasteiger partial charge is 0.303 e. The monoisotopic (exact) mass is 217 g/mol. The quantitative estimate of drug-likeness (QED) is 0.717. The van der Waals surface area contributed by atoms with Crippen LogP contribution in [0.15, 0.2) is 0 Å². The van der Waals surface area contributed by atoms with Gasteiger partial charge in [-0.15, -0.1) is 0 Å². The molecule has 0 bridgehead atoms. The number of hydrogen-bond donors (Lipinski definition) is 2. The molecule has 0 aliphatic carbocycles. The summed E-state index contributed by atoms with van der Waals surface area (Å²) in [6.45, 7) is 0. The molecule has 14 heavy (non-hydrogen) atoms. The largest absolute Gasteiger partial charge is 0.481 e. The van der Waals surface area contributed by atoms with Crippen LogP contribution in [0.2, 0.25) is 0 Å². The van der Waals surface area contributed by atoms with Gasteiger partial charge in [0.25, 0.3) is 0 Å². The molecule has 1 fully saturated rings. The van der Waals surface area contributed by atoms with Crippen molar-refractivity contribution in [1.29, 1.82) is 0 Å². The van der Waals surface area contributed by atoms with Gasteiger partial charge in [-0.05, 0) is 18.6 Å². The van der Waals surface area contributed by atoms with Gasteiger partial charge in [-0.1, -0.05) is 0 Å². The Balaban J connectivity index is 2.06. The van der Waals surface area contributed by atoms with E-state index < -0.39 is 5.97 Å². The number of carbonyl (C=O) groups excluding carboxylic acids is 1. The van der Waals surface area contributed by atoms with Crippen molar-refractivity contribution < 1.29 is 14.7 Å². The fourth-order valence-corrected chi connectivity index (χ4v) is 2.50. The Labute approximate surface area is 87.4 Å². The molecule has 5 heteroatoms. The van der Waals surface area contributed by atoms with Crippen LogP contribution in [0.25, 0.3) is 0 Å². The molecule has 0 aromatic heterocycles. The second-order valence-electron chi connectivity index (χ2n) is 3.38. The van der Waals surface area contributed by atoms with Crippen LogP contribution in [0.1, 0.15) is 25.7 Å². The molecule has 80 valence electrons. The van der Waals surface area contributed by atoms with E-state index in [0.717, 1.165) is 17.9 Å². The molecule has 1 atom stereocenters. The molecule has 4 nitrogen and oxygen atoms in total. The zero-order valence-electron chi connectivity index (χ0n) is 7.99. The molecule has 1 aliphatic rings.